The topological polar surface area (TPSA) is 85.0 Å². The Balaban J connectivity index is 1.57. The van der Waals surface area contributed by atoms with Gasteiger partial charge in [-0.1, -0.05) is 12.1 Å². The number of carbonyl (C=O) groups excluding carboxylic acids is 1. The number of aryl methyl sites for hydroxylation is 2. The van der Waals surface area contributed by atoms with E-state index in [0.29, 0.717) is 18.2 Å². The lowest BCUT2D eigenvalue weighted by molar-refractivity contribution is -0.116. The minimum Gasteiger partial charge on any atom is -0.352 e. The van der Waals surface area contributed by atoms with Crippen LogP contribution in [-0.4, -0.2) is 38.3 Å². The van der Waals surface area contributed by atoms with Crippen molar-refractivity contribution in [2.24, 2.45) is 0 Å². The maximum atomic E-state index is 13.1. The third kappa shape index (κ3) is 3.62. The smallest absolute Gasteiger partial charge is 0.294 e. The van der Waals surface area contributed by atoms with Gasteiger partial charge in [0.15, 0.2) is 11.6 Å². The number of hydrogen-bond acceptors (Lipinski definition) is 5. The van der Waals surface area contributed by atoms with Crippen molar-refractivity contribution in [3.05, 3.63) is 46.9 Å². The summed E-state index contributed by atoms with van der Waals surface area (Å²) in [6.45, 7) is 4.72. The molecular formula is C20H24N6O2. The molecule has 28 heavy (non-hydrogen) atoms. The zero-order chi connectivity index (χ0) is 19.5. The maximum Gasteiger partial charge on any atom is 0.294 e. The lowest BCUT2D eigenvalue weighted by atomic mass is 10.2. The van der Waals surface area contributed by atoms with Crippen LogP contribution in [0.4, 0.5) is 11.6 Å². The molecule has 0 radical (unpaired) electrons. The van der Waals surface area contributed by atoms with E-state index in [0.717, 1.165) is 43.5 Å². The zero-order valence-electron chi connectivity index (χ0n) is 16.0. The first kappa shape index (κ1) is 18.2. The average molecular weight is 380 g/mol. The Bertz CT molecular complexity index is 1050. The highest BCUT2D eigenvalue weighted by Crippen LogP contribution is 2.18. The molecule has 1 aliphatic rings. The molecule has 0 bridgehead atoms. The maximum absolute atomic E-state index is 13.1. The van der Waals surface area contributed by atoms with E-state index in [1.165, 1.54) is 0 Å². The van der Waals surface area contributed by atoms with Crippen LogP contribution in [0.15, 0.2) is 41.3 Å². The van der Waals surface area contributed by atoms with E-state index in [9.17, 15) is 9.59 Å². The number of para-hydroxylation sites is 2. The SMILES string of the molecule is CCn1ccc(NC(=O)CCn2c(=O)c(N3CCCC3)nc3ccccc32)n1. The van der Waals surface area contributed by atoms with Gasteiger partial charge in [-0.2, -0.15) is 5.10 Å². The highest BCUT2D eigenvalue weighted by molar-refractivity contribution is 5.89. The molecular weight excluding hydrogens is 356 g/mol. The molecule has 1 aliphatic heterocycles. The molecule has 1 aromatic carbocycles. The van der Waals surface area contributed by atoms with Gasteiger partial charge in [0.2, 0.25) is 5.91 Å². The number of rotatable bonds is 6. The van der Waals surface area contributed by atoms with Gasteiger partial charge in [-0.3, -0.25) is 14.3 Å². The van der Waals surface area contributed by atoms with E-state index in [2.05, 4.69) is 15.4 Å². The highest BCUT2D eigenvalue weighted by Gasteiger charge is 2.20. The molecule has 0 aliphatic carbocycles. The molecule has 1 N–H and O–H groups in total. The molecule has 146 valence electrons. The van der Waals surface area contributed by atoms with Gasteiger partial charge in [-0.15, -0.1) is 0 Å². The Kier molecular flexibility index (Phi) is 5.10. The van der Waals surface area contributed by atoms with E-state index in [1.807, 2.05) is 42.3 Å². The molecule has 0 atom stereocenters. The standard InChI is InChI=1S/C20H24N6O2/c1-2-25-13-9-17(23-25)22-18(27)10-14-26-16-8-4-3-7-15(16)21-19(20(26)28)24-11-5-6-12-24/h3-4,7-9,13H,2,5-6,10-12,14H2,1H3,(H,22,23,27). The van der Waals surface area contributed by atoms with Crippen molar-refractivity contribution in [3.8, 4) is 0 Å². The second-order valence-electron chi connectivity index (χ2n) is 6.93. The number of nitrogens with zero attached hydrogens (tertiary/aromatic N) is 5. The summed E-state index contributed by atoms with van der Waals surface area (Å²) in [6, 6.07) is 9.34. The Morgan fingerprint density at radius 2 is 1.96 bits per heavy atom. The van der Waals surface area contributed by atoms with Gasteiger partial charge in [-0.05, 0) is 31.9 Å². The van der Waals surface area contributed by atoms with Crippen LogP contribution in [0.1, 0.15) is 26.2 Å². The first-order valence-corrected chi connectivity index (χ1v) is 9.73. The predicted molar refractivity (Wildman–Crippen MR) is 109 cm³/mol. The Morgan fingerprint density at radius 1 is 1.18 bits per heavy atom. The van der Waals surface area contributed by atoms with Gasteiger partial charge in [0.25, 0.3) is 5.56 Å². The fourth-order valence-electron chi connectivity index (χ4n) is 3.56. The van der Waals surface area contributed by atoms with Gasteiger partial charge < -0.3 is 14.8 Å². The normalized spacial score (nSPS) is 14.0. The minimum atomic E-state index is -0.170. The van der Waals surface area contributed by atoms with Crippen LogP contribution in [0, 0.1) is 0 Å². The van der Waals surface area contributed by atoms with Crippen molar-refractivity contribution in [1.82, 2.24) is 19.3 Å². The predicted octanol–water partition coefficient (Wildman–Crippen LogP) is 2.24. The largest absolute Gasteiger partial charge is 0.352 e. The van der Waals surface area contributed by atoms with Gasteiger partial charge in [0.05, 0.1) is 11.0 Å². The molecule has 8 heteroatoms. The number of carbonyl (C=O) groups is 1. The van der Waals surface area contributed by atoms with E-state index < -0.39 is 0 Å². The second-order valence-corrected chi connectivity index (χ2v) is 6.93. The molecule has 1 fully saturated rings. The first-order chi connectivity index (χ1) is 13.7. The van der Waals surface area contributed by atoms with Crippen LogP contribution in [-0.2, 0) is 17.9 Å². The molecule has 3 heterocycles. The summed E-state index contributed by atoms with van der Waals surface area (Å²) < 4.78 is 3.42. The summed E-state index contributed by atoms with van der Waals surface area (Å²) in [6.07, 6.45) is 4.15. The molecule has 1 saturated heterocycles. The Morgan fingerprint density at radius 3 is 2.71 bits per heavy atom. The van der Waals surface area contributed by atoms with E-state index in [-0.39, 0.29) is 17.9 Å². The van der Waals surface area contributed by atoms with Crippen LogP contribution in [0.3, 0.4) is 0 Å². The summed E-state index contributed by atoms with van der Waals surface area (Å²) in [5, 5.41) is 7.05. The van der Waals surface area contributed by atoms with Crippen molar-refractivity contribution in [2.45, 2.75) is 39.3 Å². The van der Waals surface area contributed by atoms with Crippen LogP contribution in [0.25, 0.3) is 11.0 Å². The Labute approximate surface area is 162 Å². The monoisotopic (exact) mass is 380 g/mol. The first-order valence-electron chi connectivity index (χ1n) is 9.73. The molecule has 1 amide bonds. The molecule has 0 unspecified atom stereocenters. The number of anilines is 2. The lowest BCUT2D eigenvalue weighted by Gasteiger charge is -2.18. The van der Waals surface area contributed by atoms with Crippen molar-refractivity contribution >= 4 is 28.6 Å². The summed E-state index contributed by atoms with van der Waals surface area (Å²) in [5.74, 6) is 0.840. The van der Waals surface area contributed by atoms with Gasteiger partial charge in [0.1, 0.15) is 0 Å². The van der Waals surface area contributed by atoms with E-state index in [1.54, 1.807) is 15.3 Å². The number of hydrogen-bond donors (Lipinski definition) is 1. The van der Waals surface area contributed by atoms with Gasteiger partial charge in [-0.25, -0.2) is 4.98 Å². The molecule has 0 saturated carbocycles. The fraction of sp³-hybridized carbons (Fsp3) is 0.400. The quantitative estimate of drug-likeness (QED) is 0.709. The van der Waals surface area contributed by atoms with Crippen molar-refractivity contribution in [1.29, 1.82) is 0 Å². The van der Waals surface area contributed by atoms with Gasteiger partial charge >= 0.3 is 0 Å². The van der Waals surface area contributed by atoms with Crippen LogP contribution in [0.2, 0.25) is 0 Å². The third-order valence-electron chi connectivity index (χ3n) is 5.04. The highest BCUT2D eigenvalue weighted by atomic mass is 16.2. The number of amides is 1. The number of aromatic nitrogens is 4. The summed E-state index contributed by atoms with van der Waals surface area (Å²) in [5.41, 5.74) is 1.38. The molecule has 0 spiro atoms. The van der Waals surface area contributed by atoms with Gasteiger partial charge in [0, 0.05) is 44.9 Å². The van der Waals surface area contributed by atoms with E-state index >= 15 is 0 Å². The number of benzene rings is 1. The molecule has 2 aromatic heterocycles. The minimum absolute atomic E-state index is 0.135. The third-order valence-corrected chi connectivity index (χ3v) is 5.04. The van der Waals surface area contributed by atoms with Crippen LogP contribution in [0.5, 0.6) is 0 Å². The van der Waals surface area contributed by atoms with Crippen molar-refractivity contribution < 1.29 is 4.79 Å². The van der Waals surface area contributed by atoms with E-state index in [4.69, 9.17) is 0 Å². The van der Waals surface area contributed by atoms with Crippen molar-refractivity contribution in [3.63, 3.8) is 0 Å². The number of fused-ring (bicyclic) bond motifs is 1. The summed E-state index contributed by atoms with van der Waals surface area (Å²) in [4.78, 5) is 32.1. The molecule has 8 nitrogen and oxygen atoms in total. The summed E-state index contributed by atoms with van der Waals surface area (Å²) in [7, 11) is 0. The fourth-order valence-corrected chi connectivity index (χ4v) is 3.56. The average Bonchev–Trinajstić information content (AvgIpc) is 3.39. The lowest BCUT2D eigenvalue weighted by Crippen LogP contribution is -2.32. The molecule has 3 aromatic rings. The summed E-state index contributed by atoms with van der Waals surface area (Å²) >= 11 is 0. The van der Waals surface area contributed by atoms with Crippen LogP contribution < -0.4 is 15.8 Å². The second kappa shape index (κ2) is 7.84. The Hall–Kier alpha value is -3.16. The number of nitrogens with one attached hydrogen (secondary N) is 1. The van der Waals surface area contributed by atoms with Crippen molar-refractivity contribution in [2.75, 3.05) is 23.3 Å². The zero-order valence-corrected chi connectivity index (χ0v) is 16.0. The molecule has 4 rings (SSSR count). The van der Waals surface area contributed by atoms with Crippen LogP contribution >= 0.6 is 0 Å².